The molecule has 1 saturated carbocycles. The lowest BCUT2D eigenvalue weighted by molar-refractivity contribution is 0.720. The molecule has 0 amide bonds. The minimum absolute atomic E-state index is 0.312. The van der Waals surface area contributed by atoms with Crippen LogP contribution in [0.3, 0.4) is 0 Å². The van der Waals surface area contributed by atoms with Gasteiger partial charge in [-0.25, -0.2) is 0 Å². The molecule has 0 bridgehead atoms. The number of nitrogens with two attached hydrogens (primary N) is 1. The summed E-state index contributed by atoms with van der Waals surface area (Å²) in [6.45, 7) is 2.95. The van der Waals surface area contributed by atoms with E-state index in [1.165, 1.54) is 33.7 Å². The largest absolute Gasteiger partial charge is 0.330 e. The molecule has 94 valence electrons. The molecule has 0 saturated heterocycles. The first-order valence-corrected chi connectivity index (χ1v) is 7.82. The molecule has 0 spiro atoms. The van der Waals surface area contributed by atoms with Crippen molar-refractivity contribution in [3.8, 4) is 10.4 Å². The smallest absolute Gasteiger partial charge is 0.0348 e. The fraction of sp³-hybridized carbons (Fsp3) is 0.333. The van der Waals surface area contributed by atoms with Crippen molar-refractivity contribution in [1.82, 2.24) is 0 Å². The first-order chi connectivity index (χ1) is 8.64. The van der Waals surface area contributed by atoms with Gasteiger partial charge in [-0.2, -0.15) is 0 Å². The van der Waals surface area contributed by atoms with Gasteiger partial charge in [-0.05, 0) is 55.2 Å². The van der Waals surface area contributed by atoms with E-state index in [1.807, 2.05) is 11.3 Å². The van der Waals surface area contributed by atoms with E-state index in [0.717, 1.165) is 11.0 Å². The van der Waals surface area contributed by atoms with Crippen LogP contribution in [-0.2, 0) is 5.41 Å². The topological polar surface area (TPSA) is 26.0 Å². The zero-order chi connectivity index (χ0) is 12.8. The quantitative estimate of drug-likeness (QED) is 0.886. The fourth-order valence-corrected chi connectivity index (χ4v) is 4.20. The first-order valence-electron chi connectivity index (χ1n) is 6.21. The molecule has 1 aromatic heterocycles. The molecule has 1 aliphatic rings. The SMILES string of the molecule is Cc1cc(Br)ccc1-c1ccc(C2(CN)CC2)s1. The lowest BCUT2D eigenvalue weighted by Crippen LogP contribution is -2.18. The second-order valence-electron chi connectivity index (χ2n) is 5.11. The van der Waals surface area contributed by atoms with Gasteiger partial charge in [0.25, 0.3) is 0 Å². The molecule has 0 radical (unpaired) electrons. The Morgan fingerprint density at radius 1 is 1.28 bits per heavy atom. The average molecular weight is 322 g/mol. The molecular formula is C15H16BrNS. The summed E-state index contributed by atoms with van der Waals surface area (Å²) in [5.74, 6) is 0. The number of hydrogen-bond donors (Lipinski definition) is 1. The van der Waals surface area contributed by atoms with Crippen LogP contribution in [0.5, 0.6) is 0 Å². The second-order valence-corrected chi connectivity index (χ2v) is 7.11. The van der Waals surface area contributed by atoms with E-state index in [4.69, 9.17) is 5.73 Å². The van der Waals surface area contributed by atoms with Crippen molar-refractivity contribution >= 4 is 27.3 Å². The molecule has 3 heteroatoms. The third kappa shape index (κ3) is 2.04. The van der Waals surface area contributed by atoms with Gasteiger partial charge in [0.15, 0.2) is 0 Å². The summed E-state index contributed by atoms with van der Waals surface area (Å²) in [5, 5.41) is 0. The predicted octanol–water partition coefficient (Wildman–Crippen LogP) is 4.48. The summed E-state index contributed by atoms with van der Waals surface area (Å²) < 4.78 is 1.14. The van der Waals surface area contributed by atoms with Crippen molar-refractivity contribution < 1.29 is 0 Å². The summed E-state index contributed by atoms with van der Waals surface area (Å²) in [4.78, 5) is 2.82. The van der Waals surface area contributed by atoms with Crippen molar-refractivity contribution in [2.45, 2.75) is 25.2 Å². The highest BCUT2D eigenvalue weighted by atomic mass is 79.9. The first kappa shape index (κ1) is 12.4. The third-order valence-electron chi connectivity index (χ3n) is 3.83. The number of benzene rings is 1. The summed E-state index contributed by atoms with van der Waals surface area (Å²) in [5.41, 5.74) is 8.86. The molecular weight excluding hydrogens is 306 g/mol. The molecule has 2 aromatic rings. The Hall–Kier alpha value is -0.640. The molecule has 1 aromatic carbocycles. The molecule has 3 rings (SSSR count). The summed E-state index contributed by atoms with van der Waals surface area (Å²) >= 11 is 5.42. The summed E-state index contributed by atoms with van der Waals surface area (Å²) in [6, 6.07) is 11.0. The Bertz CT molecular complexity index is 584. The van der Waals surface area contributed by atoms with Crippen molar-refractivity contribution in [2.75, 3.05) is 6.54 Å². The van der Waals surface area contributed by atoms with Gasteiger partial charge in [0.1, 0.15) is 0 Å². The molecule has 2 N–H and O–H groups in total. The molecule has 18 heavy (non-hydrogen) atoms. The molecule has 0 unspecified atom stereocenters. The van der Waals surface area contributed by atoms with Crippen LogP contribution >= 0.6 is 27.3 Å². The normalized spacial score (nSPS) is 16.8. The van der Waals surface area contributed by atoms with E-state index >= 15 is 0 Å². The second kappa shape index (κ2) is 4.48. The zero-order valence-corrected chi connectivity index (χ0v) is 12.8. The van der Waals surface area contributed by atoms with E-state index in [9.17, 15) is 0 Å². The van der Waals surface area contributed by atoms with Crippen LogP contribution in [0.15, 0.2) is 34.8 Å². The number of aryl methyl sites for hydroxylation is 1. The number of thiophene rings is 1. The minimum atomic E-state index is 0.312. The van der Waals surface area contributed by atoms with E-state index in [2.05, 4.69) is 53.2 Å². The Labute approximate surface area is 120 Å². The summed E-state index contributed by atoms with van der Waals surface area (Å²) in [6.07, 6.45) is 2.51. The minimum Gasteiger partial charge on any atom is -0.330 e. The van der Waals surface area contributed by atoms with Gasteiger partial charge in [0.2, 0.25) is 0 Å². The van der Waals surface area contributed by atoms with Gasteiger partial charge < -0.3 is 5.73 Å². The van der Waals surface area contributed by atoms with Crippen LogP contribution < -0.4 is 5.73 Å². The highest BCUT2D eigenvalue weighted by Gasteiger charge is 2.44. The molecule has 1 aliphatic carbocycles. The Kier molecular flexibility index (Phi) is 3.08. The van der Waals surface area contributed by atoms with E-state index in [0.29, 0.717) is 5.41 Å². The highest BCUT2D eigenvalue weighted by molar-refractivity contribution is 9.10. The number of halogens is 1. The molecule has 1 heterocycles. The van der Waals surface area contributed by atoms with Crippen LogP contribution in [0, 0.1) is 6.92 Å². The molecule has 0 aliphatic heterocycles. The van der Waals surface area contributed by atoms with Gasteiger partial charge in [-0.1, -0.05) is 22.0 Å². The van der Waals surface area contributed by atoms with E-state index in [1.54, 1.807) is 0 Å². The van der Waals surface area contributed by atoms with E-state index in [-0.39, 0.29) is 0 Å². The Balaban J connectivity index is 1.98. The zero-order valence-electron chi connectivity index (χ0n) is 10.4. The van der Waals surface area contributed by atoms with Crippen LogP contribution in [0.1, 0.15) is 23.3 Å². The van der Waals surface area contributed by atoms with Gasteiger partial charge in [0, 0.05) is 26.2 Å². The maximum atomic E-state index is 5.90. The van der Waals surface area contributed by atoms with Crippen LogP contribution in [-0.4, -0.2) is 6.54 Å². The maximum absolute atomic E-state index is 5.90. The van der Waals surface area contributed by atoms with Crippen LogP contribution in [0.4, 0.5) is 0 Å². The lowest BCUT2D eigenvalue weighted by Gasteiger charge is -2.08. The maximum Gasteiger partial charge on any atom is 0.0348 e. The van der Waals surface area contributed by atoms with Crippen molar-refractivity contribution in [3.63, 3.8) is 0 Å². The fourth-order valence-electron chi connectivity index (χ4n) is 2.37. The van der Waals surface area contributed by atoms with Crippen molar-refractivity contribution in [2.24, 2.45) is 5.73 Å². The Morgan fingerprint density at radius 3 is 2.67 bits per heavy atom. The Morgan fingerprint density at radius 2 is 2.06 bits per heavy atom. The molecule has 1 nitrogen and oxygen atoms in total. The van der Waals surface area contributed by atoms with Crippen molar-refractivity contribution in [3.05, 3.63) is 45.2 Å². The van der Waals surface area contributed by atoms with Crippen molar-refractivity contribution in [1.29, 1.82) is 0 Å². The highest BCUT2D eigenvalue weighted by Crippen LogP contribution is 2.50. The van der Waals surface area contributed by atoms with E-state index < -0.39 is 0 Å². The average Bonchev–Trinajstić information content (AvgIpc) is 3.00. The van der Waals surface area contributed by atoms with Gasteiger partial charge in [0.05, 0.1) is 0 Å². The third-order valence-corrected chi connectivity index (χ3v) is 5.69. The monoisotopic (exact) mass is 321 g/mol. The molecule has 1 fully saturated rings. The predicted molar refractivity (Wildman–Crippen MR) is 82.2 cm³/mol. The lowest BCUT2D eigenvalue weighted by atomic mass is 10.1. The van der Waals surface area contributed by atoms with Gasteiger partial charge in [-0.3, -0.25) is 0 Å². The standard InChI is InChI=1S/C15H16BrNS/c1-10-8-11(16)2-3-12(10)13-4-5-14(18-13)15(9-17)6-7-15/h2-5,8H,6-7,9,17H2,1H3. The number of hydrogen-bond acceptors (Lipinski definition) is 2. The van der Waals surface area contributed by atoms with Gasteiger partial charge >= 0.3 is 0 Å². The molecule has 0 atom stereocenters. The number of rotatable bonds is 3. The van der Waals surface area contributed by atoms with Crippen LogP contribution in [0.2, 0.25) is 0 Å². The summed E-state index contributed by atoms with van der Waals surface area (Å²) in [7, 11) is 0. The van der Waals surface area contributed by atoms with Crippen LogP contribution in [0.25, 0.3) is 10.4 Å². The van der Waals surface area contributed by atoms with Gasteiger partial charge in [-0.15, -0.1) is 11.3 Å².